The molecule has 19 heavy (non-hydrogen) atoms. The van der Waals surface area contributed by atoms with Gasteiger partial charge >= 0.3 is 0 Å². The SMILES string of the molecule is Cc1cc(Cl)ccc1CNCC1CCN(C(C)C)C1. The third-order valence-corrected chi connectivity index (χ3v) is 4.34. The molecule has 1 aromatic rings. The van der Waals surface area contributed by atoms with Gasteiger partial charge in [-0.1, -0.05) is 17.7 Å². The number of likely N-dealkylation sites (tertiary alicyclic amines) is 1. The summed E-state index contributed by atoms with van der Waals surface area (Å²) in [5.74, 6) is 0.801. The summed E-state index contributed by atoms with van der Waals surface area (Å²) in [5.41, 5.74) is 2.62. The Bertz CT molecular complexity index is 417. The third-order valence-electron chi connectivity index (χ3n) is 4.10. The molecule has 1 aliphatic heterocycles. The van der Waals surface area contributed by atoms with Gasteiger partial charge in [-0.3, -0.25) is 0 Å². The number of hydrogen-bond acceptors (Lipinski definition) is 2. The molecule has 0 radical (unpaired) electrons. The van der Waals surface area contributed by atoms with Crippen LogP contribution in [0.5, 0.6) is 0 Å². The Morgan fingerprint density at radius 2 is 2.21 bits per heavy atom. The lowest BCUT2D eigenvalue weighted by molar-refractivity contribution is 0.264. The van der Waals surface area contributed by atoms with Crippen molar-refractivity contribution in [2.75, 3.05) is 19.6 Å². The minimum Gasteiger partial charge on any atom is -0.312 e. The molecule has 1 N–H and O–H groups in total. The summed E-state index contributed by atoms with van der Waals surface area (Å²) in [6.07, 6.45) is 1.32. The molecule has 1 fully saturated rings. The van der Waals surface area contributed by atoms with Gasteiger partial charge in [-0.05, 0) is 69.5 Å². The second-order valence-electron chi connectivity index (χ2n) is 5.95. The van der Waals surface area contributed by atoms with Crippen molar-refractivity contribution in [1.29, 1.82) is 0 Å². The van der Waals surface area contributed by atoms with Crippen LogP contribution in [0.2, 0.25) is 5.02 Å². The summed E-state index contributed by atoms with van der Waals surface area (Å²) in [6, 6.07) is 6.82. The number of halogens is 1. The van der Waals surface area contributed by atoms with Gasteiger partial charge in [-0.25, -0.2) is 0 Å². The molecule has 0 spiro atoms. The van der Waals surface area contributed by atoms with Crippen LogP contribution >= 0.6 is 11.6 Å². The van der Waals surface area contributed by atoms with Gasteiger partial charge in [0.2, 0.25) is 0 Å². The van der Waals surface area contributed by atoms with Crippen LogP contribution in [0.15, 0.2) is 18.2 Å². The van der Waals surface area contributed by atoms with Gasteiger partial charge in [-0.2, -0.15) is 0 Å². The van der Waals surface area contributed by atoms with Gasteiger partial charge in [0.25, 0.3) is 0 Å². The highest BCUT2D eigenvalue weighted by molar-refractivity contribution is 6.30. The van der Waals surface area contributed by atoms with Crippen molar-refractivity contribution in [1.82, 2.24) is 10.2 Å². The standard InChI is InChI=1S/C16H25ClN2/c1-12(2)19-7-6-14(11-19)9-18-10-15-4-5-16(17)8-13(15)3/h4-5,8,12,14,18H,6-7,9-11H2,1-3H3. The van der Waals surface area contributed by atoms with Crippen LogP contribution in [0.25, 0.3) is 0 Å². The van der Waals surface area contributed by atoms with Crippen LogP contribution in [0.1, 0.15) is 31.4 Å². The van der Waals surface area contributed by atoms with Gasteiger partial charge in [0, 0.05) is 24.2 Å². The molecule has 0 amide bonds. The maximum atomic E-state index is 5.97. The second-order valence-corrected chi connectivity index (χ2v) is 6.38. The molecule has 0 bridgehead atoms. The number of benzene rings is 1. The molecule has 0 aromatic heterocycles. The Morgan fingerprint density at radius 1 is 1.42 bits per heavy atom. The minimum atomic E-state index is 0.684. The third kappa shape index (κ3) is 4.20. The van der Waals surface area contributed by atoms with Crippen LogP contribution < -0.4 is 5.32 Å². The second kappa shape index (κ2) is 6.74. The maximum Gasteiger partial charge on any atom is 0.0408 e. The van der Waals surface area contributed by atoms with E-state index in [9.17, 15) is 0 Å². The molecule has 3 heteroatoms. The Balaban J connectivity index is 1.75. The topological polar surface area (TPSA) is 15.3 Å². The zero-order valence-corrected chi connectivity index (χ0v) is 13.0. The predicted molar refractivity (Wildman–Crippen MR) is 82.7 cm³/mol. The molecule has 1 aromatic carbocycles. The number of aryl methyl sites for hydroxylation is 1. The summed E-state index contributed by atoms with van der Waals surface area (Å²) >= 11 is 5.97. The van der Waals surface area contributed by atoms with Crippen LogP contribution in [0, 0.1) is 12.8 Å². The average Bonchev–Trinajstić information content (AvgIpc) is 2.81. The lowest BCUT2D eigenvalue weighted by Gasteiger charge is -2.20. The molecular formula is C16H25ClN2. The van der Waals surface area contributed by atoms with Gasteiger partial charge < -0.3 is 10.2 Å². The molecular weight excluding hydrogens is 256 g/mol. The van der Waals surface area contributed by atoms with E-state index >= 15 is 0 Å². The molecule has 1 unspecified atom stereocenters. The van der Waals surface area contributed by atoms with Crippen molar-refractivity contribution in [2.24, 2.45) is 5.92 Å². The highest BCUT2D eigenvalue weighted by Crippen LogP contribution is 2.18. The first-order valence-corrected chi connectivity index (χ1v) is 7.64. The number of hydrogen-bond donors (Lipinski definition) is 1. The Hall–Kier alpha value is -0.570. The number of nitrogens with one attached hydrogen (secondary N) is 1. The van der Waals surface area contributed by atoms with Crippen molar-refractivity contribution < 1.29 is 0 Å². The minimum absolute atomic E-state index is 0.684. The van der Waals surface area contributed by atoms with Crippen molar-refractivity contribution in [3.8, 4) is 0 Å². The molecule has 106 valence electrons. The van der Waals surface area contributed by atoms with Crippen molar-refractivity contribution in [3.05, 3.63) is 34.3 Å². The summed E-state index contributed by atoms with van der Waals surface area (Å²) < 4.78 is 0. The van der Waals surface area contributed by atoms with Crippen LogP contribution in [0.3, 0.4) is 0 Å². The van der Waals surface area contributed by atoms with E-state index in [0.717, 1.165) is 24.0 Å². The van der Waals surface area contributed by atoms with Gasteiger partial charge in [-0.15, -0.1) is 0 Å². The molecule has 2 nitrogen and oxygen atoms in total. The molecule has 1 saturated heterocycles. The average molecular weight is 281 g/mol. The summed E-state index contributed by atoms with van der Waals surface area (Å²) in [4.78, 5) is 2.57. The Kier molecular flexibility index (Phi) is 5.26. The van der Waals surface area contributed by atoms with Crippen molar-refractivity contribution in [2.45, 2.75) is 39.8 Å². The first kappa shape index (κ1) is 14.8. The van der Waals surface area contributed by atoms with E-state index in [1.807, 2.05) is 12.1 Å². The Morgan fingerprint density at radius 3 is 2.84 bits per heavy atom. The van der Waals surface area contributed by atoms with E-state index in [1.54, 1.807) is 0 Å². The van der Waals surface area contributed by atoms with Crippen LogP contribution in [-0.2, 0) is 6.54 Å². The van der Waals surface area contributed by atoms with Crippen molar-refractivity contribution >= 4 is 11.6 Å². The fourth-order valence-corrected chi connectivity index (χ4v) is 2.99. The van der Waals surface area contributed by atoms with E-state index in [4.69, 9.17) is 11.6 Å². The van der Waals surface area contributed by atoms with E-state index in [1.165, 1.54) is 30.6 Å². The fraction of sp³-hybridized carbons (Fsp3) is 0.625. The van der Waals surface area contributed by atoms with Crippen LogP contribution in [-0.4, -0.2) is 30.6 Å². The summed E-state index contributed by atoms with van der Waals surface area (Å²) in [6.45, 7) is 11.2. The number of nitrogens with zero attached hydrogens (tertiary/aromatic N) is 1. The first-order chi connectivity index (χ1) is 9.06. The van der Waals surface area contributed by atoms with Gasteiger partial charge in [0.05, 0.1) is 0 Å². The van der Waals surface area contributed by atoms with Gasteiger partial charge in [0.15, 0.2) is 0 Å². The summed E-state index contributed by atoms with van der Waals surface area (Å²) in [7, 11) is 0. The normalized spacial score (nSPS) is 20.4. The van der Waals surface area contributed by atoms with Crippen LogP contribution in [0.4, 0.5) is 0 Å². The predicted octanol–water partition coefficient (Wildman–Crippen LogP) is 3.47. The zero-order valence-electron chi connectivity index (χ0n) is 12.2. The summed E-state index contributed by atoms with van der Waals surface area (Å²) in [5, 5.41) is 4.42. The van der Waals surface area contributed by atoms with Gasteiger partial charge in [0.1, 0.15) is 0 Å². The smallest absolute Gasteiger partial charge is 0.0408 e. The molecule has 0 saturated carbocycles. The quantitative estimate of drug-likeness (QED) is 0.888. The van der Waals surface area contributed by atoms with Crippen molar-refractivity contribution in [3.63, 3.8) is 0 Å². The van der Waals surface area contributed by atoms with E-state index in [2.05, 4.69) is 37.1 Å². The molecule has 0 aliphatic carbocycles. The fourth-order valence-electron chi connectivity index (χ4n) is 2.77. The molecule has 1 heterocycles. The maximum absolute atomic E-state index is 5.97. The van der Waals surface area contributed by atoms with E-state index in [-0.39, 0.29) is 0 Å². The first-order valence-electron chi connectivity index (χ1n) is 7.26. The zero-order chi connectivity index (χ0) is 13.8. The Labute approximate surface area is 122 Å². The lowest BCUT2D eigenvalue weighted by Crippen LogP contribution is -2.30. The number of rotatable bonds is 5. The molecule has 1 aliphatic rings. The highest BCUT2D eigenvalue weighted by Gasteiger charge is 2.23. The monoisotopic (exact) mass is 280 g/mol. The van der Waals surface area contributed by atoms with E-state index in [0.29, 0.717) is 6.04 Å². The van der Waals surface area contributed by atoms with E-state index < -0.39 is 0 Å². The largest absolute Gasteiger partial charge is 0.312 e. The molecule has 1 atom stereocenters. The highest BCUT2D eigenvalue weighted by atomic mass is 35.5. The molecule has 2 rings (SSSR count). The lowest BCUT2D eigenvalue weighted by atomic mass is 10.1.